The lowest BCUT2D eigenvalue weighted by molar-refractivity contribution is -0.142. The van der Waals surface area contributed by atoms with Crippen LogP contribution in [0.4, 0.5) is 5.69 Å². The van der Waals surface area contributed by atoms with E-state index in [1.54, 1.807) is 6.92 Å². The zero-order valence-corrected chi connectivity index (χ0v) is 11.7. The minimum absolute atomic E-state index is 0.0126. The molecule has 0 atom stereocenters. The average Bonchev–Trinajstić information content (AvgIpc) is 2.33. The van der Waals surface area contributed by atoms with Gasteiger partial charge in [-0.05, 0) is 37.1 Å². The van der Waals surface area contributed by atoms with Crippen molar-refractivity contribution in [2.24, 2.45) is 0 Å². The second kappa shape index (κ2) is 5.52. The standard InChI is InChI=1S/C13H14BrNO3/c1-2-18-13(17)8-15-11-5-4-10(14)7-9(11)3-6-12(15)16/h4-5,7H,2-3,6,8H2,1H3. The number of benzene rings is 1. The van der Waals surface area contributed by atoms with Crippen molar-refractivity contribution < 1.29 is 14.3 Å². The molecule has 0 unspecified atom stereocenters. The Hall–Kier alpha value is -1.36. The van der Waals surface area contributed by atoms with Gasteiger partial charge in [0.1, 0.15) is 6.54 Å². The lowest BCUT2D eigenvalue weighted by Crippen LogP contribution is -2.39. The molecule has 0 saturated carbocycles. The zero-order chi connectivity index (χ0) is 13.1. The van der Waals surface area contributed by atoms with E-state index in [0.29, 0.717) is 19.4 Å². The zero-order valence-electron chi connectivity index (χ0n) is 10.1. The van der Waals surface area contributed by atoms with Crippen LogP contribution in [0.2, 0.25) is 0 Å². The molecular weight excluding hydrogens is 298 g/mol. The van der Waals surface area contributed by atoms with E-state index in [0.717, 1.165) is 15.7 Å². The number of hydrogen-bond donors (Lipinski definition) is 0. The molecule has 0 fully saturated rings. The minimum Gasteiger partial charge on any atom is -0.465 e. The molecule has 5 heteroatoms. The van der Waals surface area contributed by atoms with Gasteiger partial charge in [-0.2, -0.15) is 0 Å². The van der Waals surface area contributed by atoms with Gasteiger partial charge in [0, 0.05) is 16.6 Å². The van der Waals surface area contributed by atoms with E-state index in [4.69, 9.17) is 4.74 Å². The number of carbonyl (C=O) groups is 2. The van der Waals surface area contributed by atoms with Gasteiger partial charge in [0.05, 0.1) is 6.61 Å². The van der Waals surface area contributed by atoms with Crippen LogP contribution in [0.5, 0.6) is 0 Å². The first kappa shape index (κ1) is 13.1. The molecule has 96 valence electrons. The summed E-state index contributed by atoms with van der Waals surface area (Å²) in [6.45, 7) is 2.07. The molecule has 0 saturated heterocycles. The molecule has 0 radical (unpaired) electrons. The molecule has 4 nitrogen and oxygen atoms in total. The maximum Gasteiger partial charge on any atom is 0.326 e. The van der Waals surface area contributed by atoms with Gasteiger partial charge < -0.3 is 9.64 Å². The topological polar surface area (TPSA) is 46.6 Å². The third kappa shape index (κ3) is 2.72. The maximum absolute atomic E-state index is 11.9. The molecule has 1 aromatic rings. The Balaban J connectivity index is 2.25. The maximum atomic E-state index is 11.9. The highest BCUT2D eigenvalue weighted by molar-refractivity contribution is 9.10. The molecule has 0 bridgehead atoms. The number of anilines is 1. The summed E-state index contributed by atoms with van der Waals surface area (Å²) in [6.07, 6.45) is 1.15. The molecular formula is C13H14BrNO3. The van der Waals surface area contributed by atoms with Crippen LogP contribution in [0.25, 0.3) is 0 Å². The number of rotatable bonds is 3. The first-order valence-electron chi connectivity index (χ1n) is 5.86. The molecule has 1 aliphatic rings. The van der Waals surface area contributed by atoms with Crippen molar-refractivity contribution in [2.75, 3.05) is 18.1 Å². The molecule has 1 aliphatic heterocycles. The van der Waals surface area contributed by atoms with Gasteiger partial charge in [-0.1, -0.05) is 15.9 Å². The normalized spacial score (nSPS) is 14.3. The SMILES string of the molecule is CCOC(=O)CN1C(=O)CCc2cc(Br)ccc21. The highest BCUT2D eigenvalue weighted by atomic mass is 79.9. The fraction of sp³-hybridized carbons (Fsp3) is 0.385. The highest BCUT2D eigenvalue weighted by Gasteiger charge is 2.26. The Morgan fingerprint density at radius 3 is 2.94 bits per heavy atom. The van der Waals surface area contributed by atoms with Gasteiger partial charge in [-0.15, -0.1) is 0 Å². The smallest absolute Gasteiger partial charge is 0.326 e. The second-order valence-corrected chi connectivity index (χ2v) is 4.97. The molecule has 0 aromatic heterocycles. The van der Waals surface area contributed by atoms with Crippen LogP contribution in [-0.4, -0.2) is 25.0 Å². The Bertz CT molecular complexity index is 487. The quantitative estimate of drug-likeness (QED) is 0.805. The molecule has 18 heavy (non-hydrogen) atoms. The predicted octanol–water partition coefficient (Wildman–Crippen LogP) is 2.29. The summed E-state index contributed by atoms with van der Waals surface area (Å²) < 4.78 is 5.87. The van der Waals surface area contributed by atoms with Crippen LogP contribution in [-0.2, 0) is 20.7 Å². The molecule has 1 aromatic carbocycles. The Morgan fingerprint density at radius 2 is 2.22 bits per heavy atom. The average molecular weight is 312 g/mol. The van der Waals surface area contributed by atoms with Crippen molar-refractivity contribution in [3.05, 3.63) is 28.2 Å². The van der Waals surface area contributed by atoms with Gasteiger partial charge in [-0.25, -0.2) is 0 Å². The van der Waals surface area contributed by atoms with Gasteiger partial charge in [0.15, 0.2) is 0 Å². The van der Waals surface area contributed by atoms with Crippen molar-refractivity contribution in [1.29, 1.82) is 0 Å². The van der Waals surface area contributed by atoms with Crippen LogP contribution in [0, 0.1) is 0 Å². The number of ether oxygens (including phenoxy) is 1. The first-order valence-corrected chi connectivity index (χ1v) is 6.65. The number of carbonyl (C=O) groups excluding carboxylic acids is 2. The van der Waals surface area contributed by atoms with Crippen molar-refractivity contribution in [3.8, 4) is 0 Å². The lowest BCUT2D eigenvalue weighted by atomic mass is 10.0. The van der Waals surface area contributed by atoms with Crippen molar-refractivity contribution in [2.45, 2.75) is 19.8 Å². The summed E-state index contributed by atoms with van der Waals surface area (Å²) in [5, 5.41) is 0. The summed E-state index contributed by atoms with van der Waals surface area (Å²) in [5.41, 5.74) is 1.88. The highest BCUT2D eigenvalue weighted by Crippen LogP contribution is 2.30. The Labute approximate surface area is 114 Å². The summed E-state index contributed by atoms with van der Waals surface area (Å²) in [6, 6.07) is 5.71. The third-order valence-corrected chi connectivity index (χ3v) is 3.33. The number of amides is 1. The van der Waals surface area contributed by atoms with E-state index in [1.807, 2.05) is 18.2 Å². The van der Waals surface area contributed by atoms with Crippen molar-refractivity contribution in [3.63, 3.8) is 0 Å². The fourth-order valence-electron chi connectivity index (χ4n) is 2.04. The van der Waals surface area contributed by atoms with E-state index < -0.39 is 0 Å². The van der Waals surface area contributed by atoms with Crippen molar-refractivity contribution >= 4 is 33.5 Å². The fourth-order valence-corrected chi connectivity index (χ4v) is 2.45. The number of esters is 1. The summed E-state index contributed by atoms with van der Waals surface area (Å²) in [5.74, 6) is -0.403. The van der Waals surface area contributed by atoms with Gasteiger partial charge >= 0.3 is 5.97 Å². The Kier molecular flexibility index (Phi) is 4.01. The largest absolute Gasteiger partial charge is 0.465 e. The van der Waals surface area contributed by atoms with E-state index in [-0.39, 0.29) is 18.4 Å². The summed E-state index contributed by atoms with van der Waals surface area (Å²) in [4.78, 5) is 24.9. The molecule has 1 amide bonds. The minimum atomic E-state index is -0.374. The lowest BCUT2D eigenvalue weighted by Gasteiger charge is -2.28. The molecule has 1 heterocycles. The van der Waals surface area contributed by atoms with Crippen LogP contribution in [0.15, 0.2) is 22.7 Å². The number of nitrogens with zero attached hydrogens (tertiary/aromatic N) is 1. The third-order valence-electron chi connectivity index (χ3n) is 2.83. The van der Waals surface area contributed by atoms with Crippen LogP contribution < -0.4 is 4.90 Å². The number of hydrogen-bond acceptors (Lipinski definition) is 3. The number of aryl methyl sites for hydroxylation is 1. The number of fused-ring (bicyclic) bond motifs is 1. The van der Waals surface area contributed by atoms with Gasteiger partial charge in [-0.3, -0.25) is 9.59 Å². The molecule has 0 N–H and O–H groups in total. The van der Waals surface area contributed by atoms with E-state index in [2.05, 4.69) is 15.9 Å². The Morgan fingerprint density at radius 1 is 1.44 bits per heavy atom. The monoisotopic (exact) mass is 311 g/mol. The molecule has 0 spiro atoms. The van der Waals surface area contributed by atoms with Gasteiger partial charge in [0.25, 0.3) is 0 Å². The summed E-state index contributed by atoms with van der Waals surface area (Å²) in [7, 11) is 0. The molecule has 2 rings (SSSR count). The first-order chi connectivity index (χ1) is 8.61. The van der Waals surface area contributed by atoms with E-state index in [9.17, 15) is 9.59 Å². The van der Waals surface area contributed by atoms with Crippen LogP contribution in [0.1, 0.15) is 18.9 Å². The predicted molar refractivity (Wildman–Crippen MR) is 71.4 cm³/mol. The summed E-state index contributed by atoms with van der Waals surface area (Å²) >= 11 is 3.41. The van der Waals surface area contributed by atoms with E-state index >= 15 is 0 Å². The second-order valence-electron chi connectivity index (χ2n) is 4.06. The van der Waals surface area contributed by atoms with E-state index in [1.165, 1.54) is 4.90 Å². The molecule has 0 aliphatic carbocycles. The van der Waals surface area contributed by atoms with Crippen LogP contribution in [0.3, 0.4) is 0 Å². The van der Waals surface area contributed by atoms with Crippen LogP contribution >= 0.6 is 15.9 Å². The van der Waals surface area contributed by atoms with Crippen molar-refractivity contribution in [1.82, 2.24) is 0 Å². The number of halogens is 1. The van der Waals surface area contributed by atoms with Gasteiger partial charge in [0.2, 0.25) is 5.91 Å².